The number of cyclic esters (lactones) is 1. The van der Waals surface area contributed by atoms with Crippen molar-refractivity contribution in [1.29, 1.82) is 0 Å². The van der Waals surface area contributed by atoms with Gasteiger partial charge in [-0.3, -0.25) is 4.79 Å². The Bertz CT molecular complexity index is 766. The van der Waals surface area contributed by atoms with Crippen LogP contribution in [0.15, 0.2) is 30.4 Å². The molecule has 2 N–H and O–H groups in total. The standard InChI is InChI=1S/C20H23ClO5/c1-11-6-4-5-7-14(22)9-15-18(16(23)10-17(24)19(15)21)20(25)26-13(3)8-12(11)2/h4-7,10-13,23-24H,8-9H2,1-3H3/b6-4-,7-5+/t11-,12?,13-/m1/s1. The van der Waals surface area contributed by atoms with Gasteiger partial charge in [-0.05, 0) is 31.3 Å². The first-order valence-corrected chi connectivity index (χ1v) is 8.90. The number of rotatable bonds is 0. The summed E-state index contributed by atoms with van der Waals surface area (Å²) >= 11 is 6.08. The van der Waals surface area contributed by atoms with Gasteiger partial charge in [0.2, 0.25) is 0 Å². The Kier molecular flexibility index (Phi) is 6.48. The van der Waals surface area contributed by atoms with E-state index in [2.05, 4.69) is 13.8 Å². The molecule has 3 atom stereocenters. The van der Waals surface area contributed by atoms with Gasteiger partial charge in [0.15, 0.2) is 5.78 Å². The van der Waals surface area contributed by atoms with Crippen LogP contribution in [0, 0.1) is 11.8 Å². The number of carbonyl (C=O) groups is 2. The molecular formula is C20H23ClO5. The Labute approximate surface area is 157 Å². The van der Waals surface area contributed by atoms with Gasteiger partial charge in [0.25, 0.3) is 0 Å². The van der Waals surface area contributed by atoms with Crippen molar-refractivity contribution < 1.29 is 24.5 Å². The van der Waals surface area contributed by atoms with Crippen LogP contribution in [0.4, 0.5) is 0 Å². The molecule has 0 bridgehead atoms. The van der Waals surface area contributed by atoms with Crippen LogP contribution in [0.25, 0.3) is 0 Å². The fourth-order valence-corrected chi connectivity index (χ4v) is 3.15. The molecule has 1 aromatic rings. The minimum Gasteiger partial charge on any atom is -0.507 e. The van der Waals surface area contributed by atoms with E-state index in [1.165, 1.54) is 6.08 Å². The molecule has 1 unspecified atom stereocenters. The highest BCUT2D eigenvalue weighted by molar-refractivity contribution is 6.33. The van der Waals surface area contributed by atoms with E-state index in [9.17, 15) is 19.8 Å². The minimum atomic E-state index is -0.767. The van der Waals surface area contributed by atoms with E-state index in [-0.39, 0.29) is 46.3 Å². The third kappa shape index (κ3) is 4.67. The molecule has 1 heterocycles. The van der Waals surface area contributed by atoms with Crippen LogP contribution in [0.5, 0.6) is 11.5 Å². The summed E-state index contributed by atoms with van der Waals surface area (Å²) in [5.74, 6) is -1.46. The molecule has 0 aromatic heterocycles. The lowest BCUT2D eigenvalue weighted by Gasteiger charge is -2.22. The summed E-state index contributed by atoms with van der Waals surface area (Å²) < 4.78 is 5.46. The summed E-state index contributed by atoms with van der Waals surface area (Å²) in [6, 6.07) is 0.976. The smallest absolute Gasteiger partial charge is 0.342 e. The lowest BCUT2D eigenvalue weighted by atomic mass is 9.90. The fraction of sp³-hybridized carbons (Fsp3) is 0.400. The molecule has 2 rings (SSSR count). The quantitative estimate of drug-likeness (QED) is 0.661. The van der Waals surface area contributed by atoms with Gasteiger partial charge in [-0.15, -0.1) is 0 Å². The lowest BCUT2D eigenvalue weighted by molar-refractivity contribution is -0.114. The highest BCUT2D eigenvalue weighted by Gasteiger charge is 2.26. The average molecular weight is 379 g/mol. The van der Waals surface area contributed by atoms with Gasteiger partial charge in [-0.2, -0.15) is 0 Å². The number of halogens is 1. The second-order valence-corrected chi connectivity index (χ2v) is 7.14. The van der Waals surface area contributed by atoms with Crippen LogP contribution in [0.2, 0.25) is 5.02 Å². The first-order chi connectivity index (χ1) is 12.2. The number of aromatic hydroxyl groups is 2. The Balaban J connectivity index is 2.51. The largest absolute Gasteiger partial charge is 0.507 e. The average Bonchev–Trinajstić information content (AvgIpc) is 2.54. The van der Waals surface area contributed by atoms with Crippen LogP contribution in [0.3, 0.4) is 0 Å². The molecule has 6 heteroatoms. The number of ketones is 1. The first kappa shape index (κ1) is 20.0. The predicted molar refractivity (Wildman–Crippen MR) is 99.6 cm³/mol. The van der Waals surface area contributed by atoms with Crippen LogP contribution in [-0.2, 0) is 16.0 Å². The van der Waals surface area contributed by atoms with Crippen molar-refractivity contribution in [3.05, 3.63) is 46.5 Å². The number of hydrogen-bond acceptors (Lipinski definition) is 5. The van der Waals surface area contributed by atoms with Crippen molar-refractivity contribution in [3.63, 3.8) is 0 Å². The van der Waals surface area contributed by atoms with E-state index >= 15 is 0 Å². The second-order valence-electron chi connectivity index (χ2n) is 6.76. The number of phenols is 2. The highest BCUT2D eigenvalue weighted by atomic mass is 35.5. The zero-order valence-corrected chi connectivity index (χ0v) is 15.8. The van der Waals surface area contributed by atoms with Crippen LogP contribution in [0.1, 0.15) is 43.1 Å². The summed E-state index contributed by atoms with van der Waals surface area (Å²) in [5.41, 5.74) is -0.131. The maximum absolute atomic E-state index is 12.6. The van der Waals surface area contributed by atoms with Crippen molar-refractivity contribution >= 4 is 23.4 Å². The van der Waals surface area contributed by atoms with Gasteiger partial charge in [0, 0.05) is 18.1 Å². The molecule has 0 radical (unpaired) electrons. The van der Waals surface area contributed by atoms with Gasteiger partial charge < -0.3 is 14.9 Å². The number of fused-ring (bicyclic) bond motifs is 1. The first-order valence-electron chi connectivity index (χ1n) is 8.52. The Morgan fingerprint density at radius 3 is 2.50 bits per heavy atom. The van der Waals surface area contributed by atoms with Gasteiger partial charge in [-0.1, -0.05) is 43.7 Å². The van der Waals surface area contributed by atoms with Crippen molar-refractivity contribution in [2.45, 2.75) is 39.7 Å². The van der Waals surface area contributed by atoms with E-state index < -0.39 is 17.5 Å². The van der Waals surface area contributed by atoms with Gasteiger partial charge in [-0.25, -0.2) is 4.79 Å². The van der Waals surface area contributed by atoms with Crippen molar-refractivity contribution in [2.75, 3.05) is 0 Å². The summed E-state index contributed by atoms with van der Waals surface area (Å²) in [5, 5.41) is 19.8. The Morgan fingerprint density at radius 1 is 1.12 bits per heavy atom. The number of phenolic OH excluding ortho intramolecular Hbond substituents is 2. The molecular weight excluding hydrogens is 356 g/mol. The van der Waals surface area contributed by atoms with E-state index in [4.69, 9.17) is 16.3 Å². The number of esters is 1. The number of allylic oxidation sites excluding steroid dienone is 4. The molecule has 0 saturated heterocycles. The maximum Gasteiger partial charge on any atom is 0.342 e. The molecule has 26 heavy (non-hydrogen) atoms. The number of carbonyl (C=O) groups excluding carboxylic acids is 2. The SMILES string of the molecule is CC1C[C@@H](C)OC(=O)c2c(O)cc(O)c(Cl)c2CC(=O)/C=C/C=C\[C@H]1C. The zero-order chi connectivity index (χ0) is 19.4. The molecule has 0 fully saturated rings. The molecule has 1 aliphatic rings. The summed E-state index contributed by atoms with van der Waals surface area (Å²) in [6.07, 6.45) is 6.82. The van der Waals surface area contributed by atoms with Crippen molar-refractivity contribution in [1.82, 2.24) is 0 Å². The number of benzene rings is 1. The minimum absolute atomic E-state index is 0.0541. The zero-order valence-electron chi connectivity index (χ0n) is 15.0. The van der Waals surface area contributed by atoms with E-state index in [0.717, 1.165) is 6.07 Å². The van der Waals surface area contributed by atoms with E-state index in [1.807, 2.05) is 12.2 Å². The Hall–Kier alpha value is -2.27. The van der Waals surface area contributed by atoms with Crippen molar-refractivity contribution in [2.24, 2.45) is 11.8 Å². The lowest BCUT2D eigenvalue weighted by Crippen LogP contribution is -2.21. The molecule has 0 amide bonds. The predicted octanol–water partition coefficient (Wildman–Crippen LogP) is 4.20. The number of hydrogen-bond donors (Lipinski definition) is 2. The molecule has 5 nitrogen and oxygen atoms in total. The Morgan fingerprint density at radius 2 is 1.81 bits per heavy atom. The number of ether oxygens (including phenoxy) is 1. The van der Waals surface area contributed by atoms with Gasteiger partial charge in [0.1, 0.15) is 17.1 Å². The normalized spacial score (nSPS) is 27.2. The summed E-state index contributed by atoms with van der Waals surface area (Å²) in [4.78, 5) is 24.8. The summed E-state index contributed by atoms with van der Waals surface area (Å²) in [6.45, 7) is 5.89. The summed E-state index contributed by atoms with van der Waals surface area (Å²) in [7, 11) is 0. The maximum atomic E-state index is 12.6. The second kappa shape index (κ2) is 8.41. The third-order valence-corrected chi connectivity index (χ3v) is 5.02. The van der Waals surface area contributed by atoms with Crippen LogP contribution >= 0.6 is 11.6 Å². The molecule has 0 aliphatic carbocycles. The molecule has 1 aliphatic heterocycles. The van der Waals surface area contributed by atoms with Gasteiger partial charge >= 0.3 is 5.97 Å². The topological polar surface area (TPSA) is 83.8 Å². The molecule has 140 valence electrons. The monoisotopic (exact) mass is 378 g/mol. The van der Waals surface area contributed by atoms with Crippen LogP contribution < -0.4 is 0 Å². The van der Waals surface area contributed by atoms with Crippen molar-refractivity contribution in [3.8, 4) is 11.5 Å². The molecule has 1 aromatic carbocycles. The third-order valence-electron chi connectivity index (χ3n) is 4.59. The van der Waals surface area contributed by atoms with E-state index in [1.54, 1.807) is 13.0 Å². The fourth-order valence-electron chi connectivity index (χ4n) is 2.93. The molecule has 0 spiro atoms. The van der Waals surface area contributed by atoms with Crippen LogP contribution in [-0.4, -0.2) is 28.1 Å². The van der Waals surface area contributed by atoms with Gasteiger partial charge in [0.05, 0.1) is 11.1 Å². The highest BCUT2D eigenvalue weighted by Crippen LogP contribution is 2.37. The van der Waals surface area contributed by atoms with E-state index in [0.29, 0.717) is 6.42 Å². The molecule has 0 saturated carbocycles.